The van der Waals surface area contributed by atoms with Gasteiger partial charge in [0.2, 0.25) is 5.89 Å². The quantitative estimate of drug-likeness (QED) is 0.687. The highest BCUT2D eigenvalue weighted by Crippen LogP contribution is 2.24. The zero-order valence-corrected chi connectivity index (χ0v) is 11.2. The number of hydrogen-bond acceptors (Lipinski definition) is 5. The second-order valence-electron chi connectivity index (χ2n) is 3.94. The van der Waals surface area contributed by atoms with E-state index < -0.39 is 0 Å². The first kappa shape index (κ1) is 12.8. The van der Waals surface area contributed by atoms with Crippen molar-refractivity contribution in [3.63, 3.8) is 0 Å². The van der Waals surface area contributed by atoms with Crippen LogP contribution in [0.25, 0.3) is 11.5 Å². The molecular weight excluding hydrogens is 277 g/mol. The van der Waals surface area contributed by atoms with E-state index >= 15 is 0 Å². The number of nitrogens with zero attached hydrogens (tertiary/aromatic N) is 3. The van der Waals surface area contributed by atoms with Gasteiger partial charge < -0.3 is 4.42 Å². The van der Waals surface area contributed by atoms with Crippen LogP contribution in [0.1, 0.15) is 5.89 Å². The molecule has 2 heterocycles. The van der Waals surface area contributed by atoms with Gasteiger partial charge in [0.1, 0.15) is 5.82 Å². The first-order valence-electron chi connectivity index (χ1n) is 5.94. The van der Waals surface area contributed by atoms with E-state index in [1.807, 2.05) is 18.2 Å². The minimum atomic E-state index is -0.375. The van der Waals surface area contributed by atoms with Crippen LogP contribution < -0.4 is 0 Å². The fraction of sp³-hybridized carbons (Fsp3) is 0.0714. The summed E-state index contributed by atoms with van der Waals surface area (Å²) in [5.74, 6) is 0.761. The zero-order valence-electron chi connectivity index (χ0n) is 10.4. The van der Waals surface area contributed by atoms with Crippen molar-refractivity contribution < 1.29 is 8.81 Å². The van der Waals surface area contributed by atoms with Gasteiger partial charge in [-0.1, -0.05) is 30.0 Å². The van der Waals surface area contributed by atoms with Gasteiger partial charge in [-0.2, -0.15) is 0 Å². The third-order valence-corrected chi connectivity index (χ3v) is 3.48. The normalized spacial score (nSPS) is 10.7. The molecule has 0 amide bonds. The van der Waals surface area contributed by atoms with Gasteiger partial charge in [-0.3, -0.25) is 0 Å². The molecule has 0 aliphatic rings. The molecule has 0 bridgehead atoms. The summed E-state index contributed by atoms with van der Waals surface area (Å²) in [6, 6.07) is 12.0. The molecule has 3 rings (SSSR count). The monoisotopic (exact) mass is 287 g/mol. The number of benzene rings is 1. The Bertz CT molecular complexity index is 702. The van der Waals surface area contributed by atoms with Gasteiger partial charge in [0.25, 0.3) is 5.89 Å². The predicted molar refractivity (Wildman–Crippen MR) is 73.5 cm³/mol. The maximum absolute atomic E-state index is 13.6. The summed E-state index contributed by atoms with van der Waals surface area (Å²) in [5.41, 5.74) is 0.314. The number of hydrogen-bond donors (Lipinski definition) is 0. The molecular formula is C14H10FN3OS. The van der Waals surface area contributed by atoms with Crippen LogP contribution in [0, 0.1) is 5.82 Å². The molecule has 0 aliphatic carbocycles. The van der Waals surface area contributed by atoms with Gasteiger partial charge in [-0.05, 0) is 24.3 Å². The Morgan fingerprint density at radius 2 is 1.90 bits per heavy atom. The lowest BCUT2D eigenvalue weighted by Crippen LogP contribution is -1.82. The van der Waals surface area contributed by atoms with Gasteiger partial charge >= 0.3 is 0 Å². The highest BCUT2D eigenvalue weighted by atomic mass is 32.2. The van der Waals surface area contributed by atoms with Gasteiger partial charge in [-0.15, -0.1) is 10.2 Å². The summed E-state index contributed by atoms with van der Waals surface area (Å²) in [6.07, 6.45) is 1.72. The number of halogens is 1. The van der Waals surface area contributed by atoms with Gasteiger partial charge in [0, 0.05) is 6.20 Å². The van der Waals surface area contributed by atoms with E-state index in [0.29, 0.717) is 17.2 Å². The topological polar surface area (TPSA) is 51.8 Å². The van der Waals surface area contributed by atoms with Crippen LogP contribution in [0.4, 0.5) is 4.39 Å². The van der Waals surface area contributed by atoms with Crippen molar-refractivity contribution in [3.05, 3.63) is 60.4 Å². The molecule has 0 radical (unpaired) electrons. The van der Waals surface area contributed by atoms with E-state index in [0.717, 1.165) is 5.03 Å². The van der Waals surface area contributed by atoms with E-state index in [1.54, 1.807) is 24.4 Å². The number of pyridine rings is 1. The van der Waals surface area contributed by atoms with Crippen LogP contribution in [0.3, 0.4) is 0 Å². The maximum atomic E-state index is 13.6. The van der Waals surface area contributed by atoms with Crippen LogP contribution in [0.15, 0.2) is 58.1 Å². The molecule has 6 heteroatoms. The molecule has 20 heavy (non-hydrogen) atoms. The number of aromatic nitrogens is 3. The van der Waals surface area contributed by atoms with Crippen molar-refractivity contribution in [2.24, 2.45) is 0 Å². The van der Waals surface area contributed by atoms with E-state index in [1.165, 1.54) is 17.8 Å². The van der Waals surface area contributed by atoms with Crippen LogP contribution >= 0.6 is 11.8 Å². The van der Waals surface area contributed by atoms with Crippen molar-refractivity contribution in [2.45, 2.75) is 10.8 Å². The zero-order chi connectivity index (χ0) is 13.8. The van der Waals surface area contributed by atoms with E-state index in [4.69, 9.17) is 4.42 Å². The fourth-order valence-corrected chi connectivity index (χ4v) is 2.32. The molecule has 0 fully saturated rings. The highest BCUT2D eigenvalue weighted by molar-refractivity contribution is 7.98. The molecule has 0 aliphatic heterocycles. The van der Waals surface area contributed by atoms with Crippen molar-refractivity contribution >= 4 is 11.8 Å². The Morgan fingerprint density at radius 3 is 2.70 bits per heavy atom. The lowest BCUT2D eigenvalue weighted by Gasteiger charge is -1.97. The molecule has 100 valence electrons. The second kappa shape index (κ2) is 5.83. The molecule has 2 aromatic heterocycles. The molecule has 0 unspecified atom stereocenters. The standard InChI is InChI=1S/C14H10FN3OS/c15-11-6-2-1-5-10(11)14-18-17-12(19-14)9-20-13-7-3-4-8-16-13/h1-8H,9H2. The largest absolute Gasteiger partial charge is 0.420 e. The first-order valence-corrected chi connectivity index (χ1v) is 6.92. The summed E-state index contributed by atoms with van der Waals surface area (Å²) in [5, 5.41) is 8.66. The average Bonchev–Trinajstić information content (AvgIpc) is 2.95. The molecule has 0 saturated carbocycles. The third-order valence-electron chi connectivity index (χ3n) is 2.55. The van der Waals surface area contributed by atoms with E-state index in [-0.39, 0.29) is 11.7 Å². The molecule has 0 atom stereocenters. The Kier molecular flexibility index (Phi) is 3.73. The molecule has 3 aromatic rings. The Hall–Kier alpha value is -2.21. The third kappa shape index (κ3) is 2.85. The second-order valence-corrected chi connectivity index (χ2v) is 4.93. The van der Waals surface area contributed by atoms with Gasteiger partial charge in [-0.25, -0.2) is 9.37 Å². The minimum Gasteiger partial charge on any atom is -0.420 e. The van der Waals surface area contributed by atoms with Gasteiger partial charge in [0.05, 0.1) is 16.3 Å². The summed E-state index contributed by atoms with van der Waals surface area (Å²) < 4.78 is 19.1. The van der Waals surface area contributed by atoms with Crippen molar-refractivity contribution in [1.82, 2.24) is 15.2 Å². The lowest BCUT2D eigenvalue weighted by molar-refractivity contribution is 0.522. The molecule has 0 spiro atoms. The average molecular weight is 287 g/mol. The summed E-state index contributed by atoms with van der Waals surface area (Å²) in [6.45, 7) is 0. The summed E-state index contributed by atoms with van der Waals surface area (Å²) >= 11 is 1.49. The van der Waals surface area contributed by atoms with Crippen molar-refractivity contribution in [2.75, 3.05) is 0 Å². The Balaban J connectivity index is 1.73. The number of thioether (sulfide) groups is 1. The molecule has 1 aromatic carbocycles. The highest BCUT2D eigenvalue weighted by Gasteiger charge is 2.12. The maximum Gasteiger partial charge on any atom is 0.250 e. The van der Waals surface area contributed by atoms with Gasteiger partial charge in [0.15, 0.2) is 0 Å². The first-order chi connectivity index (χ1) is 9.83. The van der Waals surface area contributed by atoms with Crippen LogP contribution in [-0.2, 0) is 5.75 Å². The Morgan fingerprint density at radius 1 is 1.05 bits per heavy atom. The smallest absolute Gasteiger partial charge is 0.250 e. The Labute approximate surface area is 119 Å². The minimum absolute atomic E-state index is 0.194. The van der Waals surface area contributed by atoms with E-state index in [2.05, 4.69) is 15.2 Å². The predicted octanol–water partition coefficient (Wildman–Crippen LogP) is 3.56. The van der Waals surface area contributed by atoms with Crippen LogP contribution in [-0.4, -0.2) is 15.2 Å². The summed E-state index contributed by atoms with van der Waals surface area (Å²) in [7, 11) is 0. The fourth-order valence-electron chi connectivity index (χ4n) is 1.62. The molecule has 0 saturated heterocycles. The lowest BCUT2D eigenvalue weighted by atomic mass is 10.2. The SMILES string of the molecule is Fc1ccccc1-c1nnc(CSc2ccccn2)o1. The van der Waals surface area contributed by atoms with Crippen LogP contribution in [0.5, 0.6) is 0 Å². The summed E-state index contributed by atoms with van der Waals surface area (Å²) in [4.78, 5) is 4.19. The van der Waals surface area contributed by atoms with Crippen molar-refractivity contribution in [3.8, 4) is 11.5 Å². The van der Waals surface area contributed by atoms with Crippen LogP contribution in [0.2, 0.25) is 0 Å². The van der Waals surface area contributed by atoms with Crippen molar-refractivity contribution in [1.29, 1.82) is 0 Å². The molecule has 0 N–H and O–H groups in total. The number of rotatable bonds is 4. The molecule has 4 nitrogen and oxygen atoms in total. The van der Waals surface area contributed by atoms with E-state index in [9.17, 15) is 4.39 Å².